The number of nitrogen functional groups attached to an aromatic ring is 1. The molecule has 252 valence electrons. The monoisotopic (exact) mass is 662 g/mol. The van der Waals surface area contributed by atoms with Crippen molar-refractivity contribution in [2.75, 3.05) is 50.4 Å². The van der Waals surface area contributed by atoms with Gasteiger partial charge in [0.15, 0.2) is 17.3 Å². The highest BCUT2D eigenvalue weighted by Gasteiger charge is 2.51. The SMILES string of the molecule is CCCc1c(-c2nc(O[C@@H](C)[C@@H]3C[C@@H](F)CN3C)cc(N3CCN(CC)C4(CC4)C3)n2)noc1[C@@]1(C)CCCc2sc(N)c(C#N)c21. The molecular formula is C35H47FN8O2S. The molecule has 10 nitrogen and oxygen atoms in total. The number of likely N-dealkylation sites (N-methyl/N-ethyl adjacent to an activating group) is 2. The maximum Gasteiger partial charge on any atom is 0.219 e. The van der Waals surface area contributed by atoms with Crippen LogP contribution >= 0.6 is 11.3 Å². The molecule has 4 atom stereocenters. The van der Waals surface area contributed by atoms with Gasteiger partial charge in [-0.05, 0) is 77.9 Å². The fourth-order valence-corrected chi connectivity index (χ4v) is 9.76. The van der Waals surface area contributed by atoms with E-state index in [2.05, 4.69) is 41.8 Å². The van der Waals surface area contributed by atoms with Crippen LogP contribution in [0.25, 0.3) is 11.5 Å². The van der Waals surface area contributed by atoms with Gasteiger partial charge in [0.2, 0.25) is 5.88 Å². The molecular weight excluding hydrogens is 616 g/mol. The number of piperazine rings is 1. The smallest absolute Gasteiger partial charge is 0.219 e. The topological polar surface area (TPSA) is 121 Å². The molecule has 0 amide bonds. The summed E-state index contributed by atoms with van der Waals surface area (Å²) in [7, 11) is 1.95. The van der Waals surface area contributed by atoms with Crippen LogP contribution in [0.15, 0.2) is 10.6 Å². The second-order valence-corrected chi connectivity index (χ2v) is 15.4. The zero-order valence-corrected chi connectivity index (χ0v) is 29.1. The average molecular weight is 663 g/mol. The number of hydrogen-bond acceptors (Lipinski definition) is 11. The van der Waals surface area contributed by atoms with E-state index in [0.717, 1.165) is 85.9 Å². The molecule has 1 spiro atoms. The van der Waals surface area contributed by atoms with Crippen molar-refractivity contribution in [2.24, 2.45) is 0 Å². The molecule has 1 saturated carbocycles. The maximum absolute atomic E-state index is 14.3. The molecule has 2 saturated heterocycles. The van der Waals surface area contributed by atoms with E-state index in [4.69, 9.17) is 25.0 Å². The lowest BCUT2D eigenvalue weighted by Gasteiger charge is -2.42. The molecule has 47 heavy (non-hydrogen) atoms. The second kappa shape index (κ2) is 12.3. The second-order valence-electron chi connectivity index (χ2n) is 14.3. The van der Waals surface area contributed by atoms with Crippen molar-refractivity contribution >= 4 is 22.2 Å². The van der Waals surface area contributed by atoms with Gasteiger partial charge in [0.25, 0.3) is 0 Å². The lowest BCUT2D eigenvalue weighted by Crippen LogP contribution is -2.55. The van der Waals surface area contributed by atoms with Crippen LogP contribution in [0, 0.1) is 11.3 Å². The van der Waals surface area contributed by atoms with Crippen LogP contribution in [0.5, 0.6) is 5.88 Å². The minimum absolute atomic E-state index is 0.0446. The number of nitriles is 1. The zero-order valence-electron chi connectivity index (χ0n) is 28.3. The summed E-state index contributed by atoms with van der Waals surface area (Å²) in [6.45, 7) is 12.7. The standard InChI is InChI=1S/C35H47FN8O2S/c1-6-9-23-30(41-46-31(23)34(4)11-8-10-26-29(34)24(18-37)32(38)47-26)33-39-27(43-14-15-44(7-2)35(20-43)12-13-35)17-28(40-33)45-21(3)25-16-22(36)19-42(25)5/h17,21-22,25H,6-16,19-20,38H2,1-5H3/t21-,22+,25-,34-/m0/s1. The Morgan fingerprint density at radius 1 is 1.26 bits per heavy atom. The van der Waals surface area contributed by atoms with Crippen LogP contribution < -0.4 is 15.4 Å². The summed E-state index contributed by atoms with van der Waals surface area (Å²) in [5, 5.41) is 15.4. The summed E-state index contributed by atoms with van der Waals surface area (Å²) in [6, 6.07) is 4.28. The van der Waals surface area contributed by atoms with E-state index in [1.54, 1.807) is 0 Å². The van der Waals surface area contributed by atoms with Crippen molar-refractivity contribution in [3.05, 3.63) is 33.4 Å². The molecule has 2 aliphatic carbocycles. The largest absolute Gasteiger partial charge is 0.473 e. The lowest BCUT2D eigenvalue weighted by molar-refractivity contribution is 0.117. The normalized spacial score (nSPS) is 26.4. The predicted molar refractivity (Wildman–Crippen MR) is 182 cm³/mol. The molecule has 3 aromatic heterocycles. The maximum atomic E-state index is 14.3. The predicted octanol–water partition coefficient (Wildman–Crippen LogP) is 5.73. The zero-order chi connectivity index (χ0) is 33.1. The molecule has 0 bridgehead atoms. The van der Waals surface area contributed by atoms with Crippen LogP contribution in [0.3, 0.4) is 0 Å². The van der Waals surface area contributed by atoms with Crippen molar-refractivity contribution in [1.29, 1.82) is 5.26 Å². The summed E-state index contributed by atoms with van der Waals surface area (Å²) in [4.78, 5) is 18.3. The first-order chi connectivity index (χ1) is 22.6. The first-order valence-corrected chi connectivity index (χ1v) is 18.1. The van der Waals surface area contributed by atoms with Gasteiger partial charge in [-0.2, -0.15) is 10.2 Å². The van der Waals surface area contributed by atoms with E-state index in [0.29, 0.717) is 40.9 Å². The minimum Gasteiger partial charge on any atom is -0.473 e. The van der Waals surface area contributed by atoms with Crippen LogP contribution in [0.4, 0.5) is 15.2 Å². The third kappa shape index (κ3) is 5.58. The van der Waals surface area contributed by atoms with Crippen molar-refractivity contribution in [3.8, 4) is 23.5 Å². The highest BCUT2D eigenvalue weighted by Crippen LogP contribution is 2.51. The molecule has 2 aliphatic heterocycles. The van der Waals surface area contributed by atoms with E-state index in [9.17, 15) is 9.65 Å². The van der Waals surface area contributed by atoms with E-state index < -0.39 is 11.6 Å². The quantitative estimate of drug-likeness (QED) is 0.304. The van der Waals surface area contributed by atoms with Gasteiger partial charge in [0, 0.05) is 54.3 Å². The third-order valence-corrected chi connectivity index (χ3v) is 12.2. The Hall–Kier alpha value is -3.27. The van der Waals surface area contributed by atoms with Gasteiger partial charge in [0.1, 0.15) is 29.2 Å². The molecule has 2 N–H and O–H groups in total. The number of halogens is 1. The molecule has 0 radical (unpaired) electrons. The number of hydrogen-bond donors (Lipinski definition) is 1. The first kappa shape index (κ1) is 32.3. The fraction of sp³-hybridized carbons (Fsp3) is 0.657. The Balaban J connectivity index is 1.31. The number of thiophene rings is 1. The van der Waals surface area contributed by atoms with Crippen LogP contribution in [-0.4, -0.2) is 88.6 Å². The highest BCUT2D eigenvalue weighted by atomic mass is 32.1. The summed E-state index contributed by atoms with van der Waals surface area (Å²) >= 11 is 1.52. The first-order valence-electron chi connectivity index (χ1n) is 17.3. The van der Waals surface area contributed by atoms with Crippen molar-refractivity contribution < 1.29 is 13.7 Å². The van der Waals surface area contributed by atoms with Gasteiger partial charge >= 0.3 is 0 Å². The number of nitrogens with zero attached hydrogens (tertiary/aromatic N) is 7. The third-order valence-electron chi connectivity index (χ3n) is 11.2. The molecule has 3 aromatic rings. The summed E-state index contributed by atoms with van der Waals surface area (Å²) in [6.07, 6.45) is 6.01. The number of aryl methyl sites for hydroxylation is 1. The minimum atomic E-state index is -0.857. The Morgan fingerprint density at radius 2 is 2.06 bits per heavy atom. The number of likely N-dealkylation sites (tertiary alicyclic amines) is 1. The number of rotatable bonds is 9. The number of fused-ring (bicyclic) bond motifs is 1. The Kier molecular flexibility index (Phi) is 8.46. The van der Waals surface area contributed by atoms with Gasteiger partial charge in [0.05, 0.1) is 11.0 Å². The lowest BCUT2D eigenvalue weighted by atomic mass is 9.69. The summed E-state index contributed by atoms with van der Waals surface area (Å²) in [5.74, 6) is 2.52. The van der Waals surface area contributed by atoms with Gasteiger partial charge < -0.3 is 19.9 Å². The molecule has 3 fully saturated rings. The van der Waals surface area contributed by atoms with E-state index >= 15 is 0 Å². The highest BCUT2D eigenvalue weighted by molar-refractivity contribution is 7.16. The van der Waals surface area contributed by atoms with E-state index in [1.807, 2.05) is 24.9 Å². The molecule has 4 aliphatic rings. The van der Waals surface area contributed by atoms with Crippen LogP contribution in [0.2, 0.25) is 0 Å². The Labute approximate surface area is 281 Å². The number of alkyl halides is 1. The Morgan fingerprint density at radius 3 is 2.74 bits per heavy atom. The Bertz CT molecular complexity index is 1680. The van der Waals surface area contributed by atoms with E-state index in [1.165, 1.54) is 24.2 Å². The average Bonchev–Trinajstić information content (AvgIpc) is 3.35. The number of aromatic nitrogens is 3. The van der Waals surface area contributed by atoms with Gasteiger partial charge in [-0.1, -0.05) is 25.4 Å². The van der Waals surface area contributed by atoms with Crippen molar-refractivity contribution in [3.63, 3.8) is 0 Å². The molecule has 5 heterocycles. The fourth-order valence-electron chi connectivity index (χ4n) is 8.57. The van der Waals surface area contributed by atoms with Crippen molar-refractivity contribution in [1.82, 2.24) is 24.9 Å². The van der Waals surface area contributed by atoms with Crippen LogP contribution in [0.1, 0.15) is 93.5 Å². The van der Waals surface area contributed by atoms with Crippen molar-refractivity contribution in [2.45, 2.75) is 108 Å². The number of ether oxygens (including phenoxy) is 1. The number of anilines is 2. The van der Waals surface area contributed by atoms with Crippen LogP contribution in [-0.2, 0) is 18.3 Å². The van der Waals surface area contributed by atoms with Gasteiger partial charge in [-0.15, -0.1) is 11.3 Å². The summed E-state index contributed by atoms with van der Waals surface area (Å²) in [5.41, 5.74) is 9.15. The molecule has 0 aromatic carbocycles. The van der Waals surface area contributed by atoms with E-state index in [-0.39, 0.29) is 17.7 Å². The molecule has 12 heteroatoms. The number of nitrogens with two attached hydrogens (primary N) is 1. The van der Waals surface area contributed by atoms with Gasteiger partial charge in [-0.25, -0.2) is 9.37 Å². The summed E-state index contributed by atoms with van der Waals surface area (Å²) < 4.78 is 27.2. The van der Waals surface area contributed by atoms with Gasteiger partial charge in [-0.3, -0.25) is 9.80 Å². The molecule has 7 rings (SSSR count). The molecule has 0 unspecified atom stereocenters.